The molecule has 1 saturated heterocycles. The number of para-hydroxylation sites is 1. The van der Waals surface area contributed by atoms with Crippen molar-refractivity contribution in [2.75, 3.05) is 25.5 Å². The number of rotatable bonds is 5. The second-order valence-electron chi connectivity index (χ2n) is 10.4. The smallest absolute Gasteiger partial charge is 0.255 e. The van der Waals surface area contributed by atoms with Gasteiger partial charge in [-0.05, 0) is 36.1 Å². The number of hydrogen-bond donors (Lipinski definition) is 2. The van der Waals surface area contributed by atoms with E-state index in [1.165, 1.54) is 19.3 Å². The highest BCUT2D eigenvalue weighted by molar-refractivity contribution is 6.03. The summed E-state index contributed by atoms with van der Waals surface area (Å²) in [5, 5.41) is 6.08. The molecular weight excluding hydrogens is 497 g/mol. The first-order valence-electron chi connectivity index (χ1n) is 12.7. The summed E-state index contributed by atoms with van der Waals surface area (Å²) in [4.78, 5) is 31.5. The van der Waals surface area contributed by atoms with Crippen molar-refractivity contribution in [1.29, 1.82) is 0 Å². The van der Waals surface area contributed by atoms with Crippen LogP contribution in [0.4, 0.5) is 15.8 Å². The average molecular weight is 528 g/mol. The van der Waals surface area contributed by atoms with Gasteiger partial charge in [-0.15, -0.1) is 0 Å². The zero-order chi connectivity index (χ0) is 27.7. The lowest BCUT2D eigenvalue weighted by Crippen LogP contribution is -2.34. The van der Waals surface area contributed by atoms with E-state index in [1.54, 1.807) is 29.4 Å². The zero-order valence-electron chi connectivity index (χ0n) is 22.2. The quantitative estimate of drug-likeness (QED) is 0.383. The van der Waals surface area contributed by atoms with Crippen LogP contribution in [0.15, 0.2) is 55.5 Å². The molecule has 39 heavy (non-hydrogen) atoms. The number of pyridine rings is 1. The van der Waals surface area contributed by atoms with Gasteiger partial charge in [0.15, 0.2) is 11.6 Å². The number of nitrogens with zero attached hydrogens (tertiary/aromatic N) is 3. The molecule has 0 unspecified atom stereocenters. The van der Waals surface area contributed by atoms with Crippen molar-refractivity contribution in [1.82, 2.24) is 19.8 Å². The molecule has 4 heterocycles. The number of halogens is 1. The maximum Gasteiger partial charge on any atom is 0.255 e. The van der Waals surface area contributed by atoms with Crippen LogP contribution < -0.4 is 15.4 Å². The first kappa shape index (κ1) is 26.0. The van der Waals surface area contributed by atoms with Crippen LogP contribution in [0.3, 0.4) is 0 Å². The first-order valence-corrected chi connectivity index (χ1v) is 12.7. The fourth-order valence-electron chi connectivity index (χ4n) is 5.30. The highest BCUT2D eigenvalue weighted by atomic mass is 19.1. The van der Waals surface area contributed by atoms with E-state index >= 15 is 0 Å². The van der Waals surface area contributed by atoms with Crippen LogP contribution in [0.5, 0.6) is 5.75 Å². The van der Waals surface area contributed by atoms with E-state index in [4.69, 9.17) is 4.74 Å². The average Bonchev–Trinajstić information content (AvgIpc) is 3.44. The summed E-state index contributed by atoms with van der Waals surface area (Å²) in [6.45, 7) is 8.96. The highest BCUT2D eigenvalue weighted by Crippen LogP contribution is 2.36. The van der Waals surface area contributed by atoms with Crippen molar-refractivity contribution >= 4 is 23.2 Å². The maximum atomic E-state index is 14.4. The Hall–Kier alpha value is -4.58. The van der Waals surface area contributed by atoms with E-state index in [-0.39, 0.29) is 29.0 Å². The topological polar surface area (TPSA) is 88.5 Å². The Kier molecular flexibility index (Phi) is 6.87. The number of nitrogens with one attached hydrogen (secondary N) is 2. The number of methoxy groups -OCH3 is 1. The van der Waals surface area contributed by atoms with Crippen LogP contribution >= 0.6 is 0 Å². The lowest BCUT2D eigenvalue weighted by Gasteiger charge is -2.20. The number of hydrogen-bond acceptors (Lipinski definition) is 5. The largest absolute Gasteiger partial charge is 0.492 e. The molecule has 2 aliphatic rings. The number of ether oxygens (including phenoxy) is 1. The third kappa shape index (κ3) is 4.98. The van der Waals surface area contributed by atoms with Crippen molar-refractivity contribution in [2.45, 2.75) is 32.7 Å². The Bertz CT molecular complexity index is 1530. The van der Waals surface area contributed by atoms with Crippen LogP contribution in [-0.2, 0) is 11.2 Å². The van der Waals surface area contributed by atoms with Gasteiger partial charge in [-0.3, -0.25) is 14.6 Å². The molecule has 2 aliphatic heterocycles. The molecule has 8 nitrogen and oxygen atoms in total. The van der Waals surface area contributed by atoms with Crippen LogP contribution in [0, 0.1) is 23.1 Å². The van der Waals surface area contributed by atoms with Gasteiger partial charge in [0.2, 0.25) is 5.91 Å². The molecule has 2 N–H and O–H groups in total. The molecule has 0 spiro atoms. The van der Waals surface area contributed by atoms with Gasteiger partial charge in [0.1, 0.15) is 0 Å². The standard InChI is InChI=1S/C30H30FN5O3/c1-5-26(37)36-18-30(2,3)15-20(36)10-9-19-16-32-13-11-24(19)35-17-23(27-25(35)12-14-33-29(27)38)34-22-8-6-7-21(31)28(22)39-4/h5-8,11,13,16-17,20,34H,1,12,14-15,18H2,2-4H3,(H,33,38)/t20-/m0/s1. The Balaban J connectivity index is 1.57. The molecule has 0 bridgehead atoms. The summed E-state index contributed by atoms with van der Waals surface area (Å²) in [7, 11) is 1.40. The minimum absolute atomic E-state index is 0.0544. The number of fused-ring (bicyclic) bond motifs is 1. The third-order valence-electron chi connectivity index (χ3n) is 7.03. The third-order valence-corrected chi connectivity index (χ3v) is 7.03. The molecule has 5 rings (SSSR count). The van der Waals surface area contributed by atoms with Gasteiger partial charge in [0.25, 0.3) is 5.91 Å². The monoisotopic (exact) mass is 527 g/mol. The number of anilines is 2. The van der Waals surface area contributed by atoms with Crippen LogP contribution in [0.1, 0.15) is 41.9 Å². The SMILES string of the molecule is C=CC(=O)N1CC(C)(C)C[C@@H]1C#Cc1cnccc1-n1cc(Nc2cccc(F)c2OC)c2c1CCNC2=O. The summed E-state index contributed by atoms with van der Waals surface area (Å²) < 4.78 is 21.5. The Morgan fingerprint density at radius 1 is 1.33 bits per heavy atom. The summed E-state index contributed by atoms with van der Waals surface area (Å²) >= 11 is 0. The second kappa shape index (κ2) is 10.3. The maximum absolute atomic E-state index is 14.4. The van der Waals surface area contributed by atoms with Gasteiger partial charge in [0.05, 0.1) is 41.3 Å². The minimum Gasteiger partial charge on any atom is -0.492 e. The minimum atomic E-state index is -0.508. The molecule has 1 aromatic carbocycles. The fraction of sp³-hybridized carbons (Fsp3) is 0.300. The predicted octanol–water partition coefficient (Wildman–Crippen LogP) is 4.21. The predicted molar refractivity (Wildman–Crippen MR) is 147 cm³/mol. The van der Waals surface area contributed by atoms with E-state index < -0.39 is 5.82 Å². The number of carbonyl (C=O) groups is 2. The van der Waals surface area contributed by atoms with Crippen molar-refractivity contribution in [3.05, 3.63) is 78.1 Å². The molecule has 2 amide bonds. The normalized spacial score (nSPS) is 17.5. The van der Waals surface area contributed by atoms with Crippen LogP contribution in [0.2, 0.25) is 0 Å². The second-order valence-corrected chi connectivity index (χ2v) is 10.4. The lowest BCUT2D eigenvalue weighted by atomic mass is 9.91. The van der Waals surface area contributed by atoms with Crippen LogP contribution in [0.25, 0.3) is 5.69 Å². The fourth-order valence-corrected chi connectivity index (χ4v) is 5.30. The summed E-state index contributed by atoms with van der Waals surface area (Å²) in [6.07, 6.45) is 7.83. The summed E-state index contributed by atoms with van der Waals surface area (Å²) in [6, 6.07) is 6.17. The molecule has 9 heteroatoms. The van der Waals surface area contributed by atoms with Crippen molar-refractivity contribution in [3.8, 4) is 23.3 Å². The molecule has 3 aromatic rings. The highest BCUT2D eigenvalue weighted by Gasteiger charge is 2.38. The van der Waals surface area contributed by atoms with Gasteiger partial charge in [-0.2, -0.15) is 0 Å². The van der Waals surface area contributed by atoms with E-state index in [0.29, 0.717) is 42.0 Å². The van der Waals surface area contributed by atoms with Gasteiger partial charge in [0, 0.05) is 43.8 Å². The Morgan fingerprint density at radius 2 is 2.15 bits per heavy atom. The molecule has 1 fully saturated rings. The molecule has 1 atom stereocenters. The van der Waals surface area contributed by atoms with Gasteiger partial charge in [-0.25, -0.2) is 4.39 Å². The van der Waals surface area contributed by atoms with E-state index in [1.807, 2.05) is 16.8 Å². The number of likely N-dealkylation sites (tertiary alicyclic amines) is 1. The van der Waals surface area contributed by atoms with Crippen molar-refractivity contribution in [3.63, 3.8) is 0 Å². The van der Waals surface area contributed by atoms with Crippen molar-refractivity contribution in [2.24, 2.45) is 5.41 Å². The first-order chi connectivity index (χ1) is 18.7. The summed E-state index contributed by atoms with van der Waals surface area (Å²) in [5.74, 6) is 5.73. The zero-order valence-corrected chi connectivity index (χ0v) is 22.2. The molecular formula is C30H30FN5O3. The molecule has 200 valence electrons. The molecule has 0 aliphatic carbocycles. The number of aromatic nitrogens is 2. The van der Waals surface area contributed by atoms with Gasteiger partial charge in [-0.1, -0.05) is 38.3 Å². The van der Waals surface area contributed by atoms with E-state index in [2.05, 4.69) is 47.9 Å². The number of carbonyl (C=O) groups excluding carboxylic acids is 2. The lowest BCUT2D eigenvalue weighted by molar-refractivity contribution is -0.126. The molecule has 0 radical (unpaired) electrons. The Labute approximate surface area is 226 Å². The van der Waals surface area contributed by atoms with Crippen molar-refractivity contribution < 1.29 is 18.7 Å². The van der Waals surface area contributed by atoms with Gasteiger partial charge < -0.3 is 24.8 Å². The number of amides is 2. The van der Waals surface area contributed by atoms with E-state index in [0.717, 1.165) is 17.8 Å². The Morgan fingerprint density at radius 3 is 2.92 bits per heavy atom. The molecule has 2 aromatic heterocycles. The van der Waals surface area contributed by atoms with E-state index in [9.17, 15) is 14.0 Å². The molecule has 0 saturated carbocycles. The van der Waals surface area contributed by atoms with Crippen LogP contribution in [-0.4, -0.2) is 52.5 Å². The summed E-state index contributed by atoms with van der Waals surface area (Å²) in [5.41, 5.74) is 3.55. The number of benzene rings is 1. The van der Waals surface area contributed by atoms with Gasteiger partial charge >= 0.3 is 0 Å².